The first-order chi connectivity index (χ1) is 17.1. The molecule has 2 aromatic heterocycles. The zero-order valence-corrected chi connectivity index (χ0v) is 20.6. The summed E-state index contributed by atoms with van der Waals surface area (Å²) in [4.78, 5) is 31.4. The molecule has 7 nitrogen and oxygen atoms in total. The van der Waals surface area contributed by atoms with Crippen molar-refractivity contribution in [1.82, 2.24) is 19.7 Å². The molecule has 3 heterocycles. The van der Waals surface area contributed by atoms with Crippen molar-refractivity contribution in [3.05, 3.63) is 76.0 Å². The third kappa shape index (κ3) is 5.33. The zero-order valence-electron chi connectivity index (χ0n) is 19.8. The number of nitrogens with one attached hydrogen (secondary N) is 1. The number of piperidine rings is 1. The summed E-state index contributed by atoms with van der Waals surface area (Å²) in [6.45, 7) is 5.06. The number of fused-ring (bicyclic) bond motifs is 1. The standard InChI is InChI=1S/C27H29N5O2S/c1-19(33)29-22-9-4-7-20(17-22)21-8-5-13-31(18-21)14-6-15-32-27(34)24-11-3-2-10-23(24)25(30-32)26-28-12-16-35-26/h2-4,7,9-12,16-17,21H,5-6,8,13-15,18H2,1H3,(H,29,33). The van der Waals surface area contributed by atoms with Crippen LogP contribution in [0.3, 0.4) is 0 Å². The average molecular weight is 488 g/mol. The summed E-state index contributed by atoms with van der Waals surface area (Å²) < 4.78 is 1.61. The Bertz CT molecular complexity index is 1380. The molecule has 5 rings (SSSR count). The first-order valence-electron chi connectivity index (χ1n) is 12.1. The predicted octanol–water partition coefficient (Wildman–Crippen LogP) is 4.75. The summed E-state index contributed by atoms with van der Waals surface area (Å²) in [6.07, 6.45) is 4.89. The van der Waals surface area contributed by atoms with Crippen molar-refractivity contribution in [2.24, 2.45) is 0 Å². The molecule has 0 bridgehead atoms. The van der Waals surface area contributed by atoms with Crippen LogP contribution in [0.1, 0.15) is 37.7 Å². The van der Waals surface area contributed by atoms with Gasteiger partial charge in [0.2, 0.25) is 5.91 Å². The quantitative estimate of drug-likeness (QED) is 0.407. The molecule has 1 fully saturated rings. The number of benzene rings is 2. The fourth-order valence-electron chi connectivity index (χ4n) is 4.93. The highest BCUT2D eigenvalue weighted by molar-refractivity contribution is 7.13. The van der Waals surface area contributed by atoms with E-state index in [-0.39, 0.29) is 11.5 Å². The maximum atomic E-state index is 13.1. The van der Waals surface area contributed by atoms with E-state index >= 15 is 0 Å². The summed E-state index contributed by atoms with van der Waals surface area (Å²) in [6, 6.07) is 15.8. The Kier molecular flexibility index (Phi) is 7.01. The number of amides is 1. The average Bonchev–Trinajstić information content (AvgIpc) is 3.40. The molecule has 1 atom stereocenters. The summed E-state index contributed by atoms with van der Waals surface area (Å²) in [5.74, 6) is 0.387. The predicted molar refractivity (Wildman–Crippen MR) is 141 cm³/mol. The van der Waals surface area contributed by atoms with Crippen molar-refractivity contribution < 1.29 is 4.79 Å². The molecule has 1 saturated heterocycles. The van der Waals surface area contributed by atoms with E-state index < -0.39 is 0 Å². The molecule has 0 aliphatic carbocycles. The molecule has 1 N–H and O–H groups in total. The number of anilines is 1. The number of thiazole rings is 1. The van der Waals surface area contributed by atoms with Gasteiger partial charge in [-0.05, 0) is 62.0 Å². The van der Waals surface area contributed by atoms with Gasteiger partial charge in [0, 0.05) is 42.7 Å². The molecular weight excluding hydrogens is 458 g/mol. The lowest BCUT2D eigenvalue weighted by Gasteiger charge is -2.33. The second-order valence-electron chi connectivity index (χ2n) is 9.06. The lowest BCUT2D eigenvalue weighted by Crippen LogP contribution is -2.36. The Morgan fingerprint density at radius 1 is 1.14 bits per heavy atom. The van der Waals surface area contributed by atoms with Gasteiger partial charge in [-0.3, -0.25) is 9.59 Å². The highest BCUT2D eigenvalue weighted by Gasteiger charge is 2.22. The van der Waals surface area contributed by atoms with Crippen LogP contribution in [0.2, 0.25) is 0 Å². The van der Waals surface area contributed by atoms with Crippen LogP contribution in [0, 0.1) is 0 Å². The lowest BCUT2D eigenvalue weighted by atomic mass is 9.90. The van der Waals surface area contributed by atoms with Crippen LogP contribution in [0.4, 0.5) is 5.69 Å². The van der Waals surface area contributed by atoms with Crippen LogP contribution >= 0.6 is 11.3 Å². The van der Waals surface area contributed by atoms with Crippen LogP contribution < -0.4 is 10.9 Å². The molecular formula is C27H29N5O2S. The van der Waals surface area contributed by atoms with Crippen molar-refractivity contribution in [2.45, 2.75) is 38.6 Å². The van der Waals surface area contributed by atoms with Crippen molar-refractivity contribution in [2.75, 3.05) is 25.0 Å². The van der Waals surface area contributed by atoms with E-state index in [1.807, 2.05) is 41.8 Å². The second kappa shape index (κ2) is 10.5. The van der Waals surface area contributed by atoms with Gasteiger partial charge in [0.15, 0.2) is 0 Å². The molecule has 4 aromatic rings. The number of aromatic nitrogens is 3. The minimum Gasteiger partial charge on any atom is -0.326 e. The Labute approximate surface area is 208 Å². The number of hydrogen-bond donors (Lipinski definition) is 1. The molecule has 0 spiro atoms. The smallest absolute Gasteiger partial charge is 0.274 e. The van der Waals surface area contributed by atoms with E-state index in [9.17, 15) is 9.59 Å². The maximum Gasteiger partial charge on any atom is 0.274 e. The largest absolute Gasteiger partial charge is 0.326 e. The maximum absolute atomic E-state index is 13.1. The summed E-state index contributed by atoms with van der Waals surface area (Å²) in [5, 5.41) is 11.9. The molecule has 1 aliphatic rings. The van der Waals surface area contributed by atoms with E-state index in [1.54, 1.807) is 10.9 Å². The van der Waals surface area contributed by atoms with Gasteiger partial charge in [0.05, 0.1) is 5.39 Å². The summed E-state index contributed by atoms with van der Waals surface area (Å²) >= 11 is 1.53. The number of likely N-dealkylation sites (tertiary alicyclic amines) is 1. The SMILES string of the molecule is CC(=O)Nc1cccc(C2CCCN(CCCn3nc(-c4nccs4)c4ccccc4c3=O)C2)c1. The van der Waals surface area contributed by atoms with Crippen molar-refractivity contribution >= 4 is 33.7 Å². The number of carbonyl (C=O) groups is 1. The molecule has 8 heteroatoms. The number of carbonyl (C=O) groups excluding carboxylic acids is 1. The van der Waals surface area contributed by atoms with Gasteiger partial charge in [-0.25, -0.2) is 9.67 Å². The second-order valence-corrected chi connectivity index (χ2v) is 9.95. The molecule has 0 saturated carbocycles. The number of nitrogens with zero attached hydrogens (tertiary/aromatic N) is 4. The number of rotatable bonds is 7. The van der Waals surface area contributed by atoms with E-state index in [0.29, 0.717) is 17.8 Å². The Morgan fingerprint density at radius 2 is 2.00 bits per heavy atom. The van der Waals surface area contributed by atoms with Gasteiger partial charge >= 0.3 is 0 Å². The van der Waals surface area contributed by atoms with E-state index in [0.717, 1.165) is 60.7 Å². The monoisotopic (exact) mass is 487 g/mol. The number of aryl methyl sites for hydroxylation is 1. The molecule has 1 amide bonds. The minimum atomic E-state index is -0.0528. The first kappa shape index (κ1) is 23.4. The van der Waals surface area contributed by atoms with Gasteiger partial charge in [0.1, 0.15) is 10.7 Å². The third-order valence-electron chi connectivity index (χ3n) is 6.53. The zero-order chi connectivity index (χ0) is 24.2. The van der Waals surface area contributed by atoms with Crippen molar-refractivity contribution in [3.63, 3.8) is 0 Å². The lowest BCUT2D eigenvalue weighted by molar-refractivity contribution is -0.114. The third-order valence-corrected chi connectivity index (χ3v) is 7.31. The van der Waals surface area contributed by atoms with Crippen molar-refractivity contribution in [1.29, 1.82) is 0 Å². The van der Waals surface area contributed by atoms with Crippen LogP contribution in [-0.4, -0.2) is 45.2 Å². The van der Waals surface area contributed by atoms with Gasteiger partial charge in [-0.15, -0.1) is 11.3 Å². The molecule has 1 unspecified atom stereocenters. The van der Waals surface area contributed by atoms with Crippen LogP contribution in [-0.2, 0) is 11.3 Å². The fraction of sp³-hybridized carbons (Fsp3) is 0.333. The highest BCUT2D eigenvalue weighted by Crippen LogP contribution is 2.29. The summed E-state index contributed by atoms with van der Waals surface area (Å²) in [7, 11) is 0. The topological polar surface area (TPSA) is 80.1 Å². The Balaban J connectivity index is 1.27. The molecule has 180 valence electrons. The van der Waals surface area contributed by atoms with Crippen LogP contribution in [0.15, 0.2) is 64.9 Å². The van der Waals surface area contributed by atoms with Crippen LogP contribution in [0.5, 0.6) is 0 Å². The van der Waals surface area contributed by atoms with Gasteiger partial charge in [0.25, 0.3) is 5.56 Å². The normalized spacial score (nSPS) is 16.4. The Morgan fingerprint density at radius 3 is 2.80 bits per heavy atom. The van der Waals surface area contributed by atoms with Gasteiger partial charge in [-0.1, -0.05) is 30.3 Å². The molecule has 2 aromatic carbocycles. The van der Waals surface area contributed by atoms with E-state index in [2.05, 4.69) is 27.3 Å². The molecule has 1 aliphatic heterocycles. The minimum absolute atomic E-state index is 0.0489. The van der Waals surface area contributed by atoms with Crippen molar-refractivity contribution in [3.8, 4) is 10.7 Å². The van der Waals surface area contributed by atoms with E-state index in [1.165, 1.54) is 23.8 Å². The number of hydrogen-bond acceptors (Lipinski definition) is 6. The van der Waals surface area contributed by atoms with Gasteiger partial charge in [-0.2, -0.15) is 5.10 Å². The van der Waals surface area contributed by atoms with Gasteiger partial charge < -0.3 is 10.2 Å². The highest BCUT2D eigenvalue weighted by atomic mass is 32.1. The van der Waals surface area contributed by atoms with E-state index in [4.69, 9.17) is 5.10 Å². The van der Waals surface area contributed by atoms with Crippen LogP contribution in [0.25, 0.3) is 21.5 Å². The first-order valence-corrected chi connectivity index (χ1v) is 13.0. The Hall–Kier alpha value is -3.36. The summed E-state index contributed by atoms with van der Waals surface area (Å²) in [5.41, 5.74) is 2.84. The molecule has 0 radical (unpaired) electrons. The fourth-order valence-corrected chi connectivity index (χ4v) is 5.57. The molecule has 35 heavy (non-hydrogen) atoms.